The minimum Gasteiger partial charge on any atom is -0.481 e. The maximum absolute atomic E-state index is 12.8. The molecule has 1 aliphatic carbocycles. The Morgan fingerprint density at radius 2 is 1.57 bits per heavy atom. The predicted molar refractivity (Wildman–Crippen MR) is 134 cm³/mol. The Labute approximate surface area is 212 Å². The summed E-state index contributed by atoms with van der Waals surface area (Å²) in [6.07, 6.45) is -1.55. The number of aryl methyl sites for hydroxylation is 1. The Balaban J connectivity index is 1.45. The molecule has 3 aromatic carbocycles. The number of rotatable bonds is 7. The highest BCUT2D eigenvalue weighted by molar-refractivity contribution is 6.36. The van der Waals surface area contributed by atoms with Crippen molar-refractivity contribution in [2.45, 2.75) is 25.3 Å². The molecular weight excluding hydrogens is 491 g/mol. The van der Waals surface area contributed by atoms with E-state index in [4.69, 9.17) is 27.9 Å². The van der Waals surface area contributed by atoms with Crippen molar-refractivity contribution in [3.63, 3.8) is 0 Å². The fourth-order valence-corrected chi connectivity index (χ4v) is 4.56. The Kier molecular flexibility index (Phi) is 7.28. The van der Waals surface area contributed by atoms with Gasteiger partial charge in [0.25, 0.3) is 0 Å². The van der Waals surface area contributed by atoms with E-state index in [2.05, 4.69) is 10.6 Å². The summed E-state index contributed by atoms with van der Waals surface area (Å²) in [5, 5.41) is 14.7. The third-order valence-corrected chi connectivity index (χ3v) is 6.56. The molecule has 0 saturated carbocycles. The predicted octanol–water partition coefficient (Wildman–Crippen LogP) is 5.62. The molecule has 3 N–H and O–H groups in total. The van der Waals surface area contributed by atoms with Crippen molar-refractivity contribution in [1.29, 1.82) is 0 Å². The average molecular weight is 513 g/mol. The molecular formula is C26H22Cl2N2O5. The van der Waals surface area contributed by atoms with Crippen LogP contribution in [0.5, 0.6) is 0 Å². The van der Waals surface area contributed by atoms with Crippen molar-refractivity contribution in [2.24, 2.45) is 0 Å². The summed E-state index contributed by atoms with van der Waals surface area (Å²) in [5.41, 5.74) is 5.15. The van der Waals surface area contributed by atoms with Crippen LogP contribution in [0.1, 0.15) is 29.0 Å². The van der Waals surface area contributed by atoms with E-state index in [0.29, 0.717) is 10.6 Å². The number of nitrogens with one attached hydrogen (secondary N) is 2. The highest BCUT2D eigenvalue weighted by Crippen LogP contribution is 2.44. The van der Waals surface area contributed by atoms with Gasteiger partial charge in [0.05, 0.1) is 17.1 Å². The molecule has 9 heteroatoms. The summed E-state index contributed by atoms with van der Waals surface area (Å²) in [4.78, 5) is 36.7. The van der Waals surface area contributed by atoms with Crippen LogP contribution in [-0.2, 0) is 14.3 Å². The van der Waals surface area contributed by atoms with Gasteiger partial charge >= 0.3 is 12.1 Å². The normalized spacial score (nSPS) is 12.9. The first kappa shape index (κ1) is 24.6. The first-order valence-corrected chi connectivity index (χ1v) is 11.6. The largest absolute Gasteiger partial charge is 0.481 e. The molecule has 0 aromatic heterocycles. The zero-order chi connectivity index (χ0) is 25.1. The van der Waals surface area contributed by atoms with Crippen LogP contribution in [0.15, 0.2) is 60.7 Å². The topological polar surface area (TPSA) is 105 Å². The highest BCUT2D eigenvalue weighted by atomic mass is 35.5. The molecule has 4 rings (SSSR count). The third-order valence-electron chi connectivity index (χ3n) is 5.84. The minimum atomic E-state index is -1.39. The van der Waals surface area contributed by atoms with Crippen LogP contribution < -0.4 is 10.6 Å². The van der Waals surface area contributed by atoms with Gasteiger partial charge in [0.1, 0.15) is 12.6 Å². The van der Waals surface area contributed by atoms with Gasteiger partial charge in [-0.2, -0.15) is 0 Å². The van der Waals surface area contributed by atoms with E-state index < -0.39 is 30.4 Å². The lowest BCUT2D eigenvalue weighted by Crippen LogP contribution is -2.45. The lowest BCUT2D eigenvalue weighted by molar-refractivity contribution is -0.139. The molecule has 7 nitrogen and oxygen atoms in total. The van der Waals surface area contributed by atoms with Gasteiger partial charge in [-0.3, -0.25) is 9.59 Å². The molecule has 0 spiro atoms. The number of carbonyl (C=O) groups excluding carboxylic acids is 2. The average Bonchev–Trinajstić information content (AvgIpc) is 3.14. The number of ether oxygens (including phenoxy) is 1. The second-order valence-electron chi connectivity index (χ2n) is 8.19. The molecule has 1 atom stereocenters. The van der Waals surface area contributed by atoms with Gasteiger partial charge in [-0.15, -0.1) is 0 Å². The number of carboxylic acids is 1. The number of benzene rings is 3. The summed E-state index contributed by atoms with van der Waals surface area (Å²) in [7, 11) is 0. The monoisotopic (exact) mass is 512 g/mol. The second-order valence-corrected chi connectivity index (χ2v) is 9.01. The number of fused-ring (bicyclic) bond motifs is 3. The Morgan fingerprint density at radius 3 is 2.17 bits per heavy atom. The molecule has 0 saturated heterocycles. The highest BCUT2D eigenvalue weighted by Gasteiger charge is 2.30. The van der Waals surface area contributed by atoms with E-state index in [-0.39, 0.29) is 23.2 Å². The van der Waals surface area contributed by atoms with Gasteiger partial charge in [0.15, 0.2) is 0 Å². The molecule has 3 aromatic rings. The van der Waals surface area contributed by atoms with Crippen LogP contribution in [0.2, 0.25) is 10.0 Å². The van der Waals surface area contributed by atoms with Crippen molar-refractivity contribution in [2.75, 3.05) is 11.9 Å². The molecule has 0 aliphatic heterocycles. The Hall–Kier alpha value is -3.55. The van der Waals surface area contributed by atoms with E-state index in [1.165, 1.54) is 6.07 Å². The fourth-order valence-electron chi connectivity index (χ4n) is 4.13. The molecule has 0 radical (unpaired) electrons. The van der Waals surface area contributed by atoms with Crippen LogP contribution in [-0.4, -0.2) is 35.7 Å². The molecule has 0 fully saturated rings. The van der Waals surface area contributed by atoms with Gasteiger partial charge < -0.3 is 20.5 Å². The number of hydrogen-bond acceptors (Lipinski definition) is 4. The number of hydrogen-bond donors (Lipinski definition) is 3. The van der Waals surface area contributed by atoms with Crippen LogP contribution >= 0.6 is 23.2 Å². The zero-order valence-corrected chi connectivity index (χ0v) is 20.2. The molecule has 0 bridgehead atoms. The minimum absolute atomic E-state index is 0.0284. The van der Waals surface area contributed by atoms with Crippen LogP contribution in [0.25, 0.3) is 11.1 Å². The van der Waals surface area contributed by atoms with E-state index in [9.17, 15) is 19.5 Å². The lowest BCUT2D eigenvalue weighted by atomic mass is 9.98. The number of carbonyl (C=O) groups is 3. The standard InChI is InChI=1S/C26H22Cl2N2O5/c1-14-10-21(28)22(11-20(14)27)29-25(33)23(12-24(31)32)30-26(34)35-13-19-17-8-4-2-6-15(17)16-7-3-5-9-18(16)19/h2-11,19,23H,12-13H2,1H3,(H,29,33)(H,30,34)(H,31,32). The van der Waals surface area contributed by atoms with Crippen molar-refractivity contribution in [3.05, 3.63) is 87.4 Å². The number of halogens is 2. The molecule has 2 amide bonds. The van der Waals surface area contributed by atoms with E-state index in [0.717, 1.165) is 22.3 Å². The van der Waals surface area contributed by atoms with Gasteiger partial charge in [0, 0.05) is 10.9 Å². The number of alkyl carbamates (subject to hydrolysis) is 1. The molecule has 180 valence electrons. The SMILES string of the molecule is Cc1cc(Cl)c(NC(=O)C(CC(=O)O)NC(=O)OCC2c3ccccc3-c3ccccc32)cc1Cl. The third kappa shape index (κ3) is 5.42. The quantitative estimate of drug-likeness (QED) is 0.380. The smallest absolute Gasteiger partial charge is 0.407 e. The number of carboxylic acid groups (broad SMARTS) is 1. The van der Waals surface area contributed by atoms with Crippen molar-refractivity contribution < 1.29 is 24.2 Å². The maximum atomic E-state index is 12.8. The van der Waals surface area contributed by atoms with Crippen molar-refractivity contribution in [1.82, 2.24) is 5.32 Å². The van der Waals surface area contributed by atoms with E-state index in [1.807, 2.05) is 48.5 Å². The van der Waals surface area contributed by atoms with Gasteiger partial charge in [-0.05, 0) is 46.9 Å². The molecule has 35 heavy (non-hydrogen) atoms. The fraction of sp³-hybridized carbons (Fsp3) is 0.192. The van der Waals surface area contributed by atoms with E-state index in [1.54, 1.807) is 13.0 Å². The summed E-state index contributed by atoms with van der Waals surface area (Å²) >= 11 is 12.3. The first-order chi connectivity index (χ1) is 16.7. The van der Waals surface area contributed by atoms with Gasteiger partial charge in [-0.1, -0.05) is 71.7 Å². The van der Waals surface area contributed by atoms with Gasteiger partial charge in [0.2, 0.25) is 5.91 Å². The van der Waals surface area contributed by atoms with Gasteiger partial charge in [-0.25, -0.2) is 4.79 Å². The van der Waals surface area contributed by atoms with Crippen molar-refractivity contribution >= 4 is 46.9 Å². The number of aliphatic carboxylic acids is 1. The Morgan fingerprint density at radius 1 is 0.971 bits per heavy atom. The van der Waals surface area contributed by atoms with Crippen LogP contribution in [0.4, 0.5) is 10.5 Å². The van der Waals surface area contributed by atoms with Crippen molar-refractivity contribution in [3.8, 4) is 11.1 Å². The molecule has 1 unspecified atom stereocenters. The Bertz CT molecular complexity index is 1270. The van der Waals surface area contributed by atoms with Crippen LogP contribution in [0, 0.1) is 6.92 Å². The maximum Gasteiger partial charge on any atom is 0.407 e. The summed E-state index contributed by atoms with van der Waals surface area (Å²) in [6.45, 7) is 1.78. The van der Waals surface area contributed by atoms with Crippen LogP contribution in [0.3, 0.4) is 0 Å². The molecule has 0 heterocycles. The summed E-state index contributed by atoms with van der Waals surface area (Å²) < 4.78 is 5.44. The molecule has 1 aliphatic rings. The number of amides is 2. The van der Waals surface area contributed by atoms with E-state index >= 15 is 0 Å². The number of anilines is 1. The zero-order valence-electron chi connectivity index (χ0n) is 18.7. The lowest BCUT2D eigenvalue weighted by Gasteiger charge is -2.19. The summed E-state index contributed by atoms with van der Waals surface area (Å²) in [6, 6.07) is 17.4. The summed E-state index contributed by atoms with van der Waals surface area (Å²) in [5.74, 6) is -2.20. The second kappa shape index (κ2) is 10.4. The first-order valence-electron chi connectivity index (χ1n) is 10.8.